The number of alkyl halides is 3. The normalized spacial score (nSPS) is 11.1. The van der Waals surface area contributed by atoms with Crippen molar-refractivity contribution in [1.82, 2.24) is 14.8 Å². The summed E-state index contributed by atoms with van der Waals surface area (Å²) in [6.45, 7) is 0. The summed E-state index contributed by atoms with van der Waals surface area (Å²) in [5.41, 5.74) is -1.86. The summed E-state index contributed by atoms with van der Waals surface area (Å²) in [4.78, 5) is 15.9. The number of pyridine rings is 1. The highest BCUT2D eigenvalue weighted by Gasteiger charge is 2.30. The summed E-state index contributed by atoms with van der Waals surface area (Å²) in [5.74, 6) is -1.63. The molecule has 0 atom stereocenters. The van der Waals surface area contributed by atoms with Gasteiger partial charge in [-0.05, 0) is 30.3 Å². The van der Waals surface area contributed by atoms with Gasteiger partial charge in [-0.15, -0.1) is 0 Å². The van der Waals surface area contributed by atoms with Gasteiger partial charge in [-0.3, -0.25) is 4.79 Å². The van der Waals surface area contributed by atoms with Gasteiger partial charge in [0.1, 0.15) is 0 Å². The maximum absolute atomic E-state index is 13.9. The lowest BCUT2D eigenvalue weighted by Gasteiger charge is -2.10. The fraction of sp³-hybridized carbons (Fsp3) is 0.0588. The van der Waals surface area contributed by atoms with Crippen LogP contribution in [0.3, 0.4) is 0 Å². The third kappa shape index (κ3) is 3.79. The molecule has 0 unspecified atom stereocenters. The molecule has 0 radical (unpaired) electrons. The Labute approximate surface area is 159 Å². The molecule has 0 saturated heterocycles. The third-order valence-corrected chi connectivity index (χ3v) is 3.81. The van der Waals surface area contributed by atoms with Crippen LogP contribution in [0.4, 0.5) is 17.6 Å². The first kappa shape index (κ1) is 19.3. The molecule has 0 saturated carbocycles. The monoisotopic (exact) mass is 410 g/mol. The van der Waals surface area contributed by atoms with Crippen molar-refractivity contribution in [2.45, 2.75) is 6.18 Å². The highest BCUT2D eigenvalue weighted by Crippen LogP contribution is 2.30. The molecule has 11 heteroatoms. The Kier molecular flexibility index (Phi) is 5.02. The zero-order chi connectivity index (χ0) is 20.5. The largest absolute Gasteiger partial charge is 0.451 e. The summed E-state index contributed by atoms with van der Waals surface area (Å²) >= 11 is 5.93. The first-order chi connectivity index (χ1) is 13.2. The molecular weight excluding hydrogens is 404 g/mol. The van der Waals surface area contributed by atoms with Gasteiger partial charge < -0.3 is 4.74 Å². The fourth-order valence-electron chi connectivity index (χ4n) is 2.10. The highest BCUT2D eigenvalue weighted by atomic mass is 35.5. The fourth-order valence-corrected chi connectivity index (χ4v) is 2.27. The number of hydrogen-bond donors (Lipinski definition) is 0. The number of halogens is 5. The van der Waals surface area contributed by atoms with E-state index >= 15 is 0 Å². The van der Waals surface area contributed by atoms with E-state index in [9.17, 15) is 22.4 Å². The minimum Gasteiger partial charge on any atom is -0.451 e. The van der Waals surface area contributed by atoms with Crippen LogP contribution >= 0.6 is 11.6 Å². The number of hydrogen-bond acceptors (Lipinski definition) is 5. The van der Waals surface area contributed by atoms with Crippen LogP contribution in [-0.4, -0.2) is 14.8 Å². The average molecular weight is 411 g/mol. The van der Waals surface area contributed by atoms with E-state index in [0.717, 1.165) is 24.4 Å². The van der Waals surface area contributed by atoms with Gasteiger partial charge in [0.25, 0.3) is 5.56 Å². The van der Waals surface area contributed by atoms with Crippen molar-refractivity contribution < 1.29 is 22.3 Å². The van der Waals surface area contributed by atoms with Crippen molar-refractivity contribution in [1.29, 1.82) is 5.26 Å². The van der Waals surface area contributed by atoms with Gasteiger partial charge in [-0.25, -0.2) is 9.37 Å². The Bertz CT molecular complexity index is 1140. The van der Waals surface area contributed by atoms with E-state index in [4.69, 9.17) is 21.6 Å². The number of aromatic nitrogens is 3. The van der Waals surface area contributed by atoms with Crippen molar-refractivity contribution >= 4 is 11.6 Å². The van der Waals surface area contributed by atoms with Crippen molar-refractivity contribution in [2.75, 3.05) is 0 Å². The standard InChI is InChI=1S/C17H7ClF4N4O2/c18-15-13(28-12-3-1-9(6-23)5-11(12)19)8-25-26(16(15)27)14-4-2-10(7-24-14)17(20,21)22/h1-5,7-8H. The molecule has 0 N–H and O–H groups in total. The first-order valence-electron chi connectivity index (χ1n) is 7.39. The van der Waals surface area contributed by atoms with E-state index in [-0.39, 0.29) is 22.9 Å². The van der Waals surface area contributed by atoms with Crippen LogP contribution in [0.5, 0.6) is 11.5 Å². The molecule has 0 fully saturated rings. The summed E-state index contributed by atoms with van der Waals surface area (Å²) < 4.78 is 57.6. The molecular formula is C17H7ClF4N4O2. The van der Waals surface area contributed by atoms with Crippen molar-refractivity contribution in [3.05, 3.63) is 75.0 Å². The quantitative estimate of drug-likeness (QED) is 0.607. The lowest BCUT2D eigenvalue weighted by Crippen LogP contribution is -2.23. The first-order valence-corrected chi connectivity index (χ1v) is 7.77. The average Bonchev–Trinajstić information content (AvgIpc) is 2.66. The third-order valence-electron chi connectivity index (χ3n) is 3.46. The highest BCUT2D eigenvalue weighted by molar-refractivity contribution is 6.31. The maximum atomic E-state index is 13.9. The molecule has 6 nitrogen and oxygen atoms in total. The van der Waals surface area contributed by atoms with Gasteiger partial charge in [-0.2, -0.15) is 28.2 Å². The van der Waals surface area contributed by atoms with Crippen LogP contribution in [-0.2, 0) is 6.18 Å². The Morgan fingerprint density at radius 1 is 1.14 bits per heavy atom. The van der Waals surface area contributed by atoms with Crippen LogP contribution in [0.2, 0.25) is 5.02 Å². The van der Waals surface area contributed by atoms with Gasteiger partial charge >= 0.3 is 6.18 Å². The van der Waals surface area contributed by atoms with E-state index in [1.807, 2.05) is 0 Å². The molecule has 142 valence electrons. The summed E-state index contributed by atoms with van der Waals surface area (Å²) in [5, 5.41) is 12.0. The number of nitriles is 1. The van der Waals surface area contributed by atoms with Gasteiger partial charge in [0, 0.05) is 6.20 Å². The zero-order valence-electron chi connectivity index (χ0n) is 13.5. The van der Waals surface area contributed by atoms with Gasteiger partial charge in [0.2, 0.25) is 0 Å². The lowest BCUT2D eigenvalue weighted by atomic mass is 10.2. The summed E-state index contributed by atoms with van der Waals surface area (Å²) in [7, 11) is 0. The van der Waals surface area contributed by atoms with Crippen molar-refractivity contribution in [2.24, 2.45) is 0 Å². The Balaban J connectivity index is 1.94. The molecule has 0 spiro atoms. The second kappa shape index (κ2) is 7.28. The molecule has 3 aromatic rings. The number of ether oxygens (including phenoxy) is 1. The SMILES string of the molecule is N#Cc1ccc(Oc2cnn(-c3ccc(C(F)(F)F)cn3)c(=O)c2Cl)c(F)c1. The topological polar surface area (TPSA) is 80.8 Å². The minimum absolute atomic E-state index is 0.0675. The predicted molar refractivity (Wildman–Crippen MR) is 88.8 cm³/mol. The zero-order valence-corrected chi connectivity index (χ0v) is 14.3. The minimum atomic E-state index is -4.58. The van der Waals surface area contributed by atoms with Crippen LogP contribution in [0.25, 0.3) is 5.82 Å². The van der Waals surface area contributed by atoms with Crippen LogP contribution in [0.15, 0.2) is 47.5 Å². The number of rotatable bonds is 3. The molecule has 2 heterocycles. The Morgan fingerprint density at radius 3 is 2.46 bits per heavy atom. The van der Waals surface area contributed by atoms with Crippen molar-refractivity contribution in [3.63, 3.8) is 0 Å². The second-order valence-electron chi connectivity index (χ2n) is 5.30. The van der Waals surface area contributed by atoms with Crippen LogP contribution in [0.1, 0.15) is 11.1 Å². The molecule has 0 aliphatic rings. The molecule has 0 aliphatic heterocycles. The number of benzene rings is 1. The summed E-state index contributed by atoms with van der Waals surface area (Å²) in [6.07, 6.45) is -3.04. The lowest BCUT2D eigenvalue weighted by molar-refractivity contribution is -0.137. The van der Waals surface area contributed by atoms with E-state index in [1.165, 1.54) is 12.1 Å². The Hall–Kier alpha value is -3.45. The number of nitrogens with zero attached hydrogens (tertiary/aromatic N) is 4. The Morgan fingerprint density at radius 2 is 1.89 bits per heavy atom. The smallest absolute Gasteiger partial charge is 0.417 e. The predicted octanol–water partition coefficient (Wildman–Crippen LogP) is 4.10. The maximum Gasteiger partial charge on any atom is 0.417 e. The molecule has 0 aliphatic carbocycles. The van der Waals surface area contributed by atoms with E-state index in [0.29, 0.717) is 10.9 Å². The van der Waals surface area contributed by atoms with Gasteiger partial charge in [-0.1, -0.05) is 11.6 Å². The second-order valence-corrected chi connectivity index (χ2v) is 5.68. The van der Waals surface area contributed by atoms with E-state index in [1.54, 1.807) is 6.07 Å². The van der Waals surface area contributed by atoms with Gasteiger partial charge in [0.05, 0.1) is 23.4 Å². The van der Waals surface area contributed by atoms with Crippen LogP contribution < -0.4 is 10.3 Å². The molecule has 0 amide bonds. The van der Waals surface area contributed by atoms with E-state index < -0.39 is 28.1 Å². The molecule has 3 rings (SSSR count). The summed E-state index contributed by atoms with van der Waals surface area (Å²) in [6, 6.07) is 6.85. The van der Waals surface area contributed by atoms with Gasteiger partial charge in [0.15, 0.2) is 28.2 Å². The van der Waals surface area contributed by atoms with E-state index in [2.05, 4.69) is 10.1 Å². The molecule has 28 heavy (non-hydrogen) atoms. The molecule has 1 aromatic carbocycles. The molecule has 2 aromatic heterocycles. The molecule has 0 bridgehead atoms. The van der Waals surface area contributed by atoms with Crippen molar-refractivity contribution in [3.8, 4) is 23.4 Å². The van der Waals surface area contributed by atoms with Crippen LogP contribution in [0, 0.1) is 17.1 Å².